The van der Waals surface area contributed by atoms with Gasteiger partial charge in [0.15, 0.2) is 6.17 Å². The lowest BCUT2D eigenvalue weighted by Gasteiger charge is -2.28. The molecular weight excluding hydrogens is 274 g/mol. The standard InChI is InChI=1S/C18H19N3O/c1-12(2)21-15-11-7-6-10-14(15)16(20-17(19)18(21)22)13-8-4-3-5-9-13/h3-12,17H,19H2,1-2H3/t17-/m0/s1. The molecule has 0 aliphatic carbocycles. The van der Waals surface area contributed by atoms with Crippen molar-refractivity contribution in [1.82, 2.24) is 0 Å². The fourth-order valence-corrected chi connectivity index (χ4v) is 2.77. The molecule has 0 saturated carbocycles. The maximum atomic E-state index is 12.6. The summed E-state index contributed by atoms with van der Waals surface area (Å²) in [6, 6.07) is 17.7. The zero-order valence-electron chi connectivity index (χ0n) is 12.7. The largest absolute Gasteiger partial charge is 0.306 e. The van der Waals surface area contributed by atoms with Crippen LogP contribution in [0.15, 0.2) is 59.6 Å². The summed E-state index contributed by atoms with van der Waals surface area (Å²) >= 11 is 0. The van der Waals surface area contributed by atoms with Crippen molar-refractivity contribution in [3.8, 4) is 0 Å². The van der Waals surface area contributed by atoms with E-state index in [1.165, 1.54) is 0 Å². The quantitative estimate of drug-likeness (QED) is 0.925. The van der Waals surface area contributed by atoms with Gasteiger partial charge in [-0.1, -0.05) is 48.5 Å². The molecule has 3 rings (SSSR count). The summed E-state index contributed by atoms with van der Waals surface area (Å²) in [7, 11) is 0. The molecule has 0 aromatic heterocycles. The SMILES string of the molecule is CC(C)N1C(=O)[C@@H](N)N=C(c2ccccc2)c2ccccc21. The minimum atomic E-state index is -0.884. The molecule has 4 nitrogen and oxygen atoms in total. The number of hydrogen-bond acceptors (Lipinski definition) is 3. The van der Waals surface area contributed by atoms with E-state index in [1.807, 2.05) is 68.4 Å². The second-order valence-corrected chi connectivity index (χ2v) is 5.61. The van der Waals surface area contributed by atoms with Crippen LogP contribution in [0.5, 0.6) is 0 Å². The number of aliphatic imine (C=N–C) groups is 1. The molecule has 1 atom stereocenters. The second kappa shape index (κ2) is 5.73. The molecule has 2 aromatic rings. The van der Waals surface area contributed by atoms with Crippen molar-refractivity contribution in [2.75, 3.05) is 4.90 Å². The number of benzodiazepines with no additional fused rings is 1. The van der Waals surface area contributed by atoms with E-state index >= 15 is 0 Å². The molecule has 0 fully saturated rings. The van der Waals surface area contributed by atoms with Crippen molar-refractivity contribution in [2.24, 2.45) is 10.7 Å². The Hall–Kier alpha value is -2.46. The van der Waals surface area contributed by atoms with Crippen molar-refractivity contribution in [3.63, 3.8) is 0 Å². The second-order valence-electron chi connectivity index (χ2n) is 5.61. The Labute approximate surface area is 130 Å². The van der Waals surface area contributed by atoms with Gasteiger partial charge in [0.05, 0.1) is 11.4 Å². The van der Waals surface area contributed by atoms with Gasteiger partial charge in [-0.15, -0.1) is 0 Å². The van der Waals surface area contributed by atoms with E-state index in [0.29, 0.717) is 0 Å². The monoisotopic (exact) mass is 293 g/mol. The number of carbonyl (C=O) groups is 1. The van der Waals surface area contributed by atoms with Gasteiger partial charge in [-0.05, 0) is 19.9 Å². The van der Waals surface area contributed by atoms with Crippen LogP contribution in [0.4, 0.5) is 5.69 Å². The summed E-state index contributed by atoms with van der Waals surface area (Å²) in [4.78, 5) is 18.9. The van der Waals surface area contributed by atoms with Crippen LogP contribution in [0.25, 0.3) is 0 Å². The van der Waals surface area contributed by atoms with Gasteiger partial charge in [-0.3, -0.25) is 9.79 Å². The van der Waals surface area contributed by atoms with E-state index in [-0.39, 0.29) is 11.9 Å². The number of para-hydroxylation sites is 1. The molecule has 22 heavy (non-hydrogen) atoms. The third-order valence-corrected chi connectivity index (χ3v) is 3.74. The molecule has 0 unspecified atom stereocenters. The number of hydrogen-bond donors (Lipinski definition) is 1. The highest BCUT2D eigenvalue weighted by Crippen LogP contribution is 2.29. The highest BCUT2D eigenvalue weighted by atomic mass is 16.2. The Balaban J connectivity index is 2.24. The first-order valence-corrected chi connectivity index (χ1v) is 7.41. The molecule has 1 aliphatic rings. The van der Waals surface area contributed by atoms with Crippen LogP contribution < -0.4 is 10.6 Å². The topological polar surface area (TPSA) is 58.7 Å². The predicted octanol–water partition coefficient (Wildman–Crippen LogP) is 2.56. The maximum Gasteiger partial charge on any atom is 0.266 e. The molecule has 112 valence electrons. The van der Waals surface area contributed by atoms with Crippen LogP contribution in [0.2, 0.25) is 0 Å². The summed E-state index contributed by atoms with van der Waals surface area (Å²) in [5.41, 5.74) is 9.55. The van der Waals surface area contributed by atoms with Gasteiger partial charge in [0.2, 0.25) is 0 Å². The van der Waals surface area contributed by atoms with Crippen molar-refractivity contribution in [3.05, 3.63) is 65.7 Å². The number of nitrogens with zero attached hydrogens (tertiary/aromatic N) is 2. The molecule has 1 aliphatic heterocycles. The normalized spacial score (nSPS) is 18.0. The first-order valence-electron chi connectivity index (χ1n) is 7.41. The van der Waals surface area contributed by atoms with Gasteiger partial charge in [-0.25, -0.2) is 0 Å². The first-order chi connectivity index (χ1) is 10.6. The van der Waals surface area contributed by atoms with E-state index in [0.717, 1.165) is 22.5 Å². The zero-order valence-corrected chi connectivity index (χ0v) is 12.7. The molecule has 2 N–H and O–H groups in total. The van der Waals surface area contributed by atoms with Gasteiger partial charge < -0.3 is 10.6 Å². The van der Waals surface area contributed by atoms with E-state index in [2.05, 4.69) is 4.99 Å². The lowest BCUT2D eigenvalue weighted by atomic mass is 10.00. The Morgan fingerprint density at radius 2 is 1.68 bits per heavy atom. The van der Waals surface area contributed by atoms with Gasteiger partial charge in [0.1, 0.15) is 0 Å². The molecular formula is C18H19N3O. The molecule has 0 radical (unpaired) electrons. The number of fused-ring (bicyclic) bond motifs is 1. The van der Waals surface area contributed by atoms with E-state index in [1.54, 1.807) is 4.90 Å². The number of amides is 1. The van der Waals surface area contributed by atoms with E-state index in [4.69, 9.17) is 5.73 Å². The average molecular weight is 293 g/mol. The van der Waals surface area contributed by atoms with Gasteiger partial charge >= 0.3 is 0 Å². The fourth-order valence-electron chi connectivity index (χ4n) is 2.77. The molecule has 1 amide bonds. The third-order valence-electron chi connectivity index (χ3n) is 3.74. The van der Waals surface area contributed by atoms with Crippen LogP contribution in [0, 0.1) is 0 Å². The minimum absolute atomic E-state index is 0.0185. The maximum absolute atomic E-state index is 12.6. The highest BCUT2D eigenvalue weighted by Gasteiger charge is 2.31. The number of nitrogens with two attached hydrogens (primary N) is 1. The van der Waals surface area contributed by atoms with Crippen LogP contribution in [0.1, 0.15) is 25.0 Å². The Morgan fingerprint density at radius 1 is 1.05 bits per heavy atom. The molecule has 1 heterocycles. The number of rotatable bonds is 2. The van der Waals surface area contributed by atoms with Crippen LogP contribution in [-0.4, -0.2) is 23.8 Å². The van der Waals surface area contributed by atoms with Gasteiger partial charge in [0.25, 0.3) is 5.91 Å². The summed E-state index contributed by atoms with van der Waals surface area (Å²) in [6.07, 6.45) is -0.884. The van der Waals surface area contributed by atoms with Crippen molar-refractivity contribution in [1.29, 1.82) is 0 Å². The fraction of sp³-hybridized carbons (Fsp3) is 0.222. The number of anilines is 1. The van der Waals surface area contributed by atoms with Crippen LogP contribution >= 0.6 is 0 Å². The Morgan fingerprint density at radius 3 is 2.36 bits per heavy atom. The third kappa shape index (κ3) is 2.42. The van der Waals surface area contributed by atoms with Crippen LogP contribution in [-0.2, 0) is 4.79 Å². The summed E-state index contributed by atoms with van der Waals surface area (Å²) in [6.45, 7) is 3.96. The van der Waals surface area contributed by atoms with Crippen molar-refractivity contribution in [2.45, 2.75) is 26.1 Å². The van der Waals surface area contributed by atoms with Gasteiger partial charge in [0, 0.05) is 17.2 Å². The predicted molar refractivity (Wildman–Crippen MR) is 89.1 cm³/mol. The van der Waals surface area contributed by atoms with E-state index in [9.17, 15) is 4.79 Å². The lowest BCUT2D eigenvalue weighted by Crippen LogP contribution is -2.45. The molecule has 4 heteroatoms. The smallest absolute Gasteiger partial charge is 0.266 e. The summed E-state index contributed by atoms with van der Waals surface area (Å²) < 4.78 is 0. The zero-order chi connectivity index (χ0) is 15.7. The molecule has 2 aromatic carbocycles. The summed E-state index contributed by atoms with van der Waals surface area (Å²) in [5, 5.41) is 0. The highest BCUT2D eigenvalue weighted by molar-refractivity contribution is 6.20. The van der Waals surface area contributed by atoms with Crippen molar-refractivity contribution >= 4 is 17.3 Å². The van der Waals surface area contributed by atoms with E-state index < -0.39 is 6.17 Å². The molecule has 0 spiro atoms. The van der Waals surface area contributed by atoms with Crippen molar-refractivity contribution < 1.29 is 4.79 Å². The average Bonchev–Trinajstić information content (AvgIpc) is 2.64. The molecule has 0 bridgehead atoms. The number of benzene rings is 2. The minimum Gasteiger partial charge on any atom is -0.306 e. The first kappa shape index (κ1) is 14.5. The number of carbonyl (C=O) groups excluding carboxylic acids is 1. The summed E-state index contributed by atoms with van der Waals surface area (Å²) in [5.74, 6) is -0.173. The molecule has 0 saturated heterocycles. The van der Waals surface area contributed by atoms with Crippen LogP contribution in [0.3, 0.4) is 0 Å². The van der Waals surface area contributed by atoms with Gasteiger partial charge in [-0.2, -0.15) is 0 Å². The Bertz CT molecular complexity index is 722. The lowest BCUT2D eigenvalue weighted by molar-refractivity contribution is -0.120. The Kier molecular flexibility index (Phi) is 3.77.